The zero-order valence-electron chi connectivity index (χ0n) is 6.93. The molecule has 1 aromatic carbocycles. The van der Waals surface area contributed by atoms with Crippen LogP contribution in [-0.2, 0) is 10.7 Å². The number of rotatable bonds is 2. The molecule has 0 aliphatic heterocycles. The molecule has 14 heavy (non-hydrogen) atoms. The van der Waals surface area contributed by atoms with Crippen LogP contribution in [0.5, 0.6) is 0 Å². The van der Waals surface area contributed by atoms with E-state index in [0.717, 1.165) is 12.1 Å². The lowest BCUT2D eigenvalue weighted by Gasteiger charge is -2.14. The Morgan fingerprint density at radius 1 is 1.36 bits per heavy atom. The predicted octanol–water partition coefficient (Wildman–Crippen LogP) is 1.53. The second-order valence-corrected chi connectivity index (χ2v) is 3.47. The number of carbonyl (C=O) groups excluding carboxylic acids is 1. The summed E-state index contributed by atoms with van der Waals surface area (Å²) < 4.78 is 27.0. The van der Waals surface area contributed by atoms with Gasteiger partial charge in [0.1, 0.15) is 0 Å². The molecule has 3 N–H and O–H groups in total. The Morgan fingerprint density at radius 3 is 2.29 bits per heavy atom. The molecular weight excluding hydrogens is 258 g/mol. The summed E-state index contributed by atoms with van der Waals surface area (Å²) in [5, 5.41) is 0. The van der Waals surface area contributed by atoms with Crippen molar-refractivity contribution in [1.82, 2.24) is 5.43 Å². The van der Waals surface area contributed by atoms with Gasteiger partial charge in [0.05, 0.1) is 0 Å². The van der Waals surface area contributed by atoms with Crippen molar-refractivity contribution in [2.45, 2.75) is 5.92 Å². The third-order valence-electron chi connectivity index (χ3n) is 1.62. The van der Waals surface area contributed by atoms with E-state index < -0.39 is 17.4 Å². The number of alkyl halides is 2. The molecular formula is C8H7BrF2N2O. The van der Waals surface area contributed by atoms with Crippen LogP contribution >= 0.6 is 15.9 Å². The van der Waals surface area contributed by atoms with Gasteiger partial charge in [-0.05, 0) is 12.1 Å². The van der Waals surface area contributed by atoms with Gasteiger partial charge < -0.3 is 0 Å². The standard InChI is InChI=1S/C8H7BrF2N2O/c9-6-3-1-5(2-4-6)8(10,11)7(14)13-12/h1-4H,12H2,(H,13,14). The molecule has 0 bridgehead atoms. The number of nitrogens with one attached hydrogen (secondary N) is 1. The first kappa shape index (κ1) is 11.1. The van der Waals surface area contributed by atoms with Crippen molar-refractivity contribution < 1.29 is 13.6 Å². The minimum atomic E-state index is -3.60. The molecule has 0 unspecified atom stereocenters. The summed E-state index contributed by atoms with van der Waals surface area (Å²) in [7, 11) is 0. The fourth-order valence-corrected chi connectivity index (χ4v) is 1.15. The van der Waals surface area contributed by atoms with Crippen molar-refractivity contribution >= 4 is 21.8 Å². The Hall–Kier alpha value is -1.01. The van der Waals surface area contributed by atoms with Gasteiger partial charge in [0.15, 0.2) is 0 Å². The first-order valence-corrected chi connectivity index (χ1v) is 4.42. The quantitative estimate of drug-likeness (QED) is 0.484. The van der Waals surface area contributed by atoms with E-state index in [1.165, 1.54) is 17.6 Å². The number of carbonyl (C=O) groups is 1. The molecule has 0 heterocycles. The Morgan fingerprint density at radius 2 is 1.86 bits per heavy atom. The average Bonchev–Trinajstić information content (AvgIpc) is 2.17. The highest BCUT2D eigenvalue weighted by atomic mass is 79.9. The minimum Gasteiger partial charge on any atom is -0.289 e. The highest BCUT2D eigenvalue weighted by Crippen LogP contribution is 2.28. The summed E-state index contributed by atoms with van der Waals surface area (Å²) in [5.74, 6) is -0.493. The van der Waals surface area contributed by atoms with Gasteiger partial charge in [0.2, 0.25) is 0 Å². The topological polar surface area (TPSA) is 55.1 Å². The zero-order valence-corrected chi connectivity index (χ0v) is 8.51. The summed E-state index contributed by atoms with van der Waals surface area (Å²) in [6.07, 6.45) is 0. The van der Waals surface area contributed by atoms with E-state index in [1.807, 2.05) is 0 Å². The third-order valence-corrected chi connectivity index (χ3v) is 2.15. The number of hydrogen-bond acceptors (Lipinski definition) is 2. The maximum absolute atomic E-state index is 13.2. The summed E-state index contributed by atoms with van der Waals surface area (Å²) in [4.78, 5) is 10.7. The number of amides is 1. The number of halogens is 3. The lowest BCUT2D eigenvalue weighted by molar-refractivity contribution is -0.147. The summed E-state index contributed by atoms with van der Waals surface area (Å²) in [5.41, 5.74) is 1.02. The van der Waals surface area contributed by atoms with Crippen LogP contribution in [0, 0.1) is 0 Å². The van der Waals surface area contributed by atoms with Gasteiger partial charge in [-0.15, -0.1) is 0 Å². The fraction of sp³-hybridized carbons (Fsp3) is 0.125. The molecule has 0 aliphatic rings. The number of benzene rings is 1. The molecule has 0 aliphatic carbocycles. The lowest BCUT2D eigenvalue weighted by atomic mass is 10.1. The van der Waals surface area contributed by atoms with E-state index in [9.17, 15) is 13.6 Å². The molecule has 1 amide bonds. The molecule has 1 aromatic rings. The van der Waals surface area contributed by atoms with Gasteiger partial charge in [-0.25, -0.2) is 5.84 Å². The maximum atomic E-state index is 13.2. The van der Waals surface area contributed by atoms with E-state index in [4.69, 9.17) is 0 Å². The van der Waals surface area contributed by atoms with E-state index in [2.05, 4.69) is 21.8 Å². The van der Waals surface area contributed by atoms with Crippen LogP contribution in [0.3, 0.4) is 0 Å². The minimum absolute atomic E-state index is 0.399. The van der Waals surface area contributed by atoms with Crippen LogP contribution in [-0.4, -0.2) is 5.91 Å². The van der Waals surface area contributed by atoms with Crippen molar-refractivity contribution in [3.63, 3.8) is 0 Å². The van der Waals surface area contributed by atoms with Gasteiger partial charge in [0, 0.05) is 10.0 Å². The molecule has 0 saturated carbocycles. The largest absolute Gasteiger partial charge is 0.351 e. The second-order valence-electron chi connectivity index (χ2n) is 2.55. The maximum Gasteiger partial charge on any atom is 0.351 e. The molecule has 1 rings (SSSR count). The van der Waals surface area contributed by atoms with Gasteiger partial charge in [-0.2, -0.15) is 8.78 Å². The molecule has 76 valence electrons. The van der Waals surface area contributed by atoms with Crippen molar-refractivity contribution in [2.75, 3.05) is 0 Å². The van der Waals surface area contributed by atoms with Crippen LogP contribution in [0.1, 0.15) is 5.56 Å². The molecule has 0 radical (unpaired) electrons. The van der Waals surface area contributed by atoms with E-state index in [-0.39, 0.29) is 0 Å². The van der Waals surface area contributed by atoms with Crippen molar-refractivity contribution in [1.29, 1.82) is 0 Å². The van der Waals surface area contributed by atoms with Gasteiger partial charge in [0.25, 0.3) is 0 Å². The van der Waals surface area contributed by atoms with Crippen LogP contribution < -0.4 is 11.3 Å². The number of hydrazine groups is 1. The molecule has 0 saturated heterocycles. The molecule has 0 atom stereocenters. The third kappa shape index (κ3) is 2.08. The zero-order chi connectivity index (χ0) is 10.8. The van der Waals surface area contributed by atoms with E-state index in [1.54, 1.807) is 0 Å². The fourth-order valence-electron chi connectivity index (χ4n) is 0.881. The molecule has 0 fully saturated rings. The molecule has 0 aromatic heterocycles. The highest BCUT2D eigenvalue weighted by Gasteiger charge is 2.40. The Labute approximate surface area is 87.4 Å². The van der Waals surface area contributed by atoms with E-state index in [0.29, 0.717) is 4.47 Å². The first-order valence-electron chi connectivity index (χ1n) is 3.63. The predicted molar refractivity (Wildman–Crippen MR) is 50.4 cm³/mol. The van der Waals surface area contributed by atoms with Crippen LogP contribution in [0.15, 0.2) is 28.7 Å². The van der Waals surface area contributed by atoms with Gasteiger partial charge in [-0.3, -0.25) is 10.2 Å². The molecule has 6 heteroatoms. The summed E-state index contributed by atoms with van der Waals surface area (Å²) >= 11 is 3.10. The Balaban J connectivity index is 3.03. The SMILES string of the molecule is NNC(=O)C(F)(F)c1ccc(Br)cc1. The first-order chi connectivity index (χ1) is 6.48. The van der Waals surface area contributed by atoms with E-state index >= 15 is 0 Å². The summed E-state index contributed by atoms with van der Waals surface area (Å²) in [6, 6.07) is 5.15. The monoisotopic (exact) mass is 264 g/mol. The molecule has 3 nitrogen and oxygen atoms in total. The Bertz CT molecular complexity index is 340. The molecule has 0 spiro atoms. The van der Waals surface area contributed by atoms with Gasteiger partial charge in [-0.1, -0.05) is 28.1 Å². The number of hydrogen-bond donors (Lipinski definition) is 2. The summed E-state index contributed by atoms with van der Waals surface area (Å²) in [6.45, 7) is 0. The smallest absolute Gasteiger partial charge is 0.289 e. The van der Waals surface area contributed by atoms with Crippen LogP contribution in [0.25, 0.3) is 0 Å². The van der Waals surface area contributed by atoms with Crippen molar-refractivity contribution in [2.24, 2.45) is 5.84 Å². The van der Waals surface area contributed by atoms with Crippen LogP contribution in [0.2, 0.25) is 0 Å². The van der Waals surface area contributed by atoms with Crippen molar-refractivity contribution in [3.8, 4) is 0 Å². The van der Waals surface area contributed by atoms with Gasteiger partial charge >= 0.3 is 11.8 Å². The van der Waals surface area contributed by atoms with Crippen molar-refractivity contribution in [3.05, 3.63) is 34.3 Å². The lowest BCUT2D eigenvalue weighted by Crippen LogP contribution is -2.41. The van der Waals surface area contributed by atoms with Crippen LogP contribution in [0.4, 0.5) is 8.78 Å². The number of nitrogens with two attached hydrogens (primary N) is 1. The normalized spacial score (nSPS) is 11.1. The second kappa shape index (κ2) is 4.02. The Kier molecular flexibility index (Phi) is 3.17. The highest BCUT2D eigenvalue weighted by molar-refractivity contribution is 9.10. The average molecular weight is 265 g/mol.